The van der Waals surface area contributed by atoms with Crippen LogP contribution in [0, 0.1) is 12.8 Å². The largest absolute Gasteiger partial charge is 0.493 e. The molecule has 1 N–H and O–H groups in total. The standard InChI is InChI=1S/C29H34ClN5O/c1-4-5-15-36-25-14-9-19(2)16-24(25)29-34-28-26(35(29)17-21-10-12-23(30)13-11-21)27(31-18-32-28)33-20(3)22-7-6-8-22/h9-14,16,18,20,22H,4-8,15,17H2,1-3H3,(H,31,32,33)/t20-/m1/s1. The molecular weight excluding hydrogens is 470 g/mol. The van der Waals surface area contributed by atoms with Crippen molar-refractivity contribution in [2.24, 2.45) is 5.92 Å². The van der Waals surface area contributed by atoms with Crippen LogP contribution in [-0.4, -0.2) is 32.2 Å². The SMILES string of the molecule is CCCCOc1ccc(C)cc1-c1nc2ncnc(N[C@H](C)C3CCC3)c2n1Cc1ccc(Cl)cc1. The first-order valence-corrected chi connectivity index (χ1v) is 13.4. The molecule has 0 spiro atoms. The van der Waals surface area contributed by atoms with Crippen molar-refractivity contribution in [2.75, 3.05) is 11.9 Å². The van der Waals surface area contributed by atoms with Crippen LogP contribution >= 0.6 is 11.6 Å². The lowest BCUT2D eigenvalue weighted by Crippen LogP contribution is -2.31. The van der Waals surface area contributed by atoms with Gasteiger partial charge in [0, 0.05) is 17.6 Å². The van der Waals surface area contributed by atoms with Crippen LogP contribution in [0.4, 0.5) is 5.82 Å². The molecule has 0 aliphatic heterocycles. The van der Waals surface area contributed by atoms with E-state index in [1.807, 2.05) is 12.1 Å². The van der Waals surface area contributed by atoms with Crippen LogP contribution in [0.2, 0.25) is 5.02 Å². The number of rotatable bonds is 10. The molecule has 0 saturated heterocycles. The second-order valence-corrected chi connectivity index (χ2v) is 10.3. The van der Waals surface area contributed by atoms with Crippen LogP contribution < -0.4 is 10.1 Å². The highest BCUT2D eigenvalue weighted by Crippen LogP contribution is 2.36. The molecule has 0 radical (unpaired) electrons. The summed E-state index contributed by atoms with van der Waals surface area (Å²) < 4.78 is 8.45. The van der Waals surface area contributed by atoms with Crippen molar-refractivity contribution >= 4 is 28.6 Å². The van der Waals surface area contributed by atoms with E-state index in [4.69, 9.17) is 21.3 Å². The first-order valence-electron chi connectivity index (χ1n) is 13.0. The lowest BCUT2D eigenvalue weighted by molar-refractivity contribution is 0.285. The van der Waals surface area contributed by atoms with Crippen LogP contribution in [0.15, 0.2) is 48.8 Å². The topological polar surface area (TPSA) is 64.9 Å². The van der Waals surface area contributed by atoms with Crippen LogP contribution in [-0.2, 0) is 6.54 Å². The van der Waals surface area contributed by atoms with Crippen molar-refractivity contribution in [1.29, 1.82) is 0 Å². The summed E-state index contributed by atoms with van der Waals surface area (Å²) in [5.41, 5.74) is 4.84. The number of fused-ring (bicyclic) bond motifs is 1. The molecule has 1 fully saturated rings. The van der Waals surface area contributed by atoms with Crippen molar-refractivity contribution < 1.29 is 4.74 Å². The fourth-order valence-electron chi connectivity index (χ4n) is 4.75. The summed E-state index contributed by atoms with van der Waals surface area (Å²) in [5.74, 6) is 3.17. The number of unbranched alkanes of at least 4 members (excludes halogenated alkanes) is 1. The maximum absolute atomic E-state index is 6.23. The monoisotopic (exact) mass is 503 g/mol. The third-order valence-corrected chi connectivity index (χ3v) is 7.40. The molecule has 2 heterocycles. The van der Waals surface area contributed by atoms with Gasteiger partial charge in [0.15, 0.2) is 11.5 Å². The quantitative estimate of drug-likeness (QED) is 0.230. The van der Waals surface area contributed by atoms with Gasteiger partial charge < -0.3 is 14.6 Å². The van der Waals surface area contributed by atoms with Gasteiger partial charge in [0.05, 0.1) is 12.2 Å². The normalized spacial score (nSPS) is 14.6. The molecule has 6 nitrogen and oxygen atoms in total. The van der Waals surface area contributed by atoms with Gasteiger partial charge in [-0.2, -0.15) is 0 Å². The second kappa shape index (κ2) is 10.9. The van der Waals surface area contributed by atoms with E-state index in [0.717, 1.165) is 57.5 Å². The van der Waals surface area contributed by atoms with E-state index in [1.165, 1.54) is 19.3 Å². The summed E-state index contributed by atoms with van der Waals surface area (Å²) >= 11 is 6.18. The van der Waals surface area contributed by atoms with Crippen LogP contribution in [0.25, 0.3) is 22.6 Å². The molecule has 1 saturated carbocycles. The average Bonchev–Trinajstić information content (AvgIpc) is 3.19. The van der Waals surface area contributed by atoms with Gasteiger partial charge in [-0.15, -0.1) is 0 Å². The number of hydrogen-bond acceptors (Lipinski definition) is 5. The predicted molar refractivity (Wildman–Crippen MR) is 147 cm³/mol. The first kappa shape index (κ1) is 24.6. The summed E-state index contributed by atoms with van der Waals surface area (Å²) in [5, 5.41) is 4.41. The third kappa shape index (κ3) is 5.19. The summed E-state index contributed by atoms with van der Waals surface area (Å²) in [6, 6.07) is 14.6. The zero-order chi connectivity index (χ0) is 25.1. The highest BCUT2D eigenvalue weighted by Gasteiger charge is 2.26. The molecular formula is C29H34ClN5O. The van der Waals surface area contributed by atoms with E-state index in [2.05, 4.69) is 71.0 Å². The van der Waals surface area contributed by atoms with E-state index in [0.29, 0.717) is 30.8 Å². The molecule has 1 atom stereocenters. The summed E-state index contributed by atoms with van der Waals surface area (Å²) in [4.78, 5) is 14.3. The molecule has 0 unspecified atom stereocenters. The van der Waals surface area contributed by atoms with Crippen molar-refractivity contribution in [3.8, 4) is 17.1 Å². The van der Waals surface area contributed by atoms with Gasteiger partial charge >= 0.3 is 0 Å². The van der Waals surface area contributed by atoms with Crippen molar-refractivity contribution in [3.63, 3.8) is 0 Å². The smallest absolute Gasteiger partial charge is 0.183 e. The minimum Gasteiger partial charge on any atom is -0.493 e. The Bertz CT molecular complexity index is 1330. The van der Waals surface area contributed by atoms with Gasteiger partial charge in [-0.1, -0.05) is 55.1 Å². The van der Waals surface area contributed by atoms with E-state index in [1.54, 1.807) is 6.33 Å². The third-order valence-electron chi connectivity index (χ3n) is 7.15. The van der Waals surface area contributed by atoms with Crippen molar-refractivity contribution in [1.82, 2.24) is 19.5 Å². The van der Waals surface area contributed by atoms with Gasteiger partial charge in [0.2, 0.25) is 0 Å². The van der Waals surface area contributed by atoms with Crippen molar-refractivity contribution in [3.05, 3.63) is 64.9 Å². The van der Waals surface area contributed by atoms with E-state index >= 15 is 0 Å². The number of hydrogen-bond donors (Lipinski definition) is 1. The number of anilines is 1. The minimum absolute atomic E-state index is 0.339. The molecule has 2 aromatic heterocycles. The lowest BCUT2D eigenvalue weighted by atomic mass is 9.80. The Labute approximate surface area is 218 Å². The molecule has 2 aromatic carbocycles. The maximum atomic E-state index is 6.23. The number of halogens is 1. The Balaban J connectivity index is 1.64. The van der Waals surface area contributed by atoms with Gasteiger partial charge in [-0.05, 0) is 68.9 Å². The summed E-state index contributed by atoms with van der Waals surface area (Å²) in [6.07, 6.45) is 7.53. The molecule has 7 heteroatoms. The minimum atomic E-state index is 0.339. The molecule has 36 heavy (non-hydrogen) atoms. The summed E-state index contributed by atoms with van der Waals surface area (Å²) in [7, 11) is 0. The van der Waals surface area contributed by atoms with Gasteiger partial charge in [-0.25, -0.2) is 15.0 Å². The van der Waals surface area contributed by atoms with Gasteiger partial charge in [0.25, 0.3) is 0 Å². The molecule has 5 rings (SSSR count). The Morgan fingerprint density at radius 1 is 1.14 bits per heavy atom. The number of nitrogens with one attached hydrogen (secondary N) is 1. The van der Waals surface area contributed by atoms with E-state index < -0.39 is 0 Å². The number of nitrogens with zero attached hydrogens (tertiary/aromatic N) is 4. The number of benzene rings is 2. The highest BCUT2D eigenvalue weighted by molar-refractivity contribution is 6.30. The lowest BCUT2D eigenvalue weighted by Gasteiger charge is -2.32. The fraction of sp³-hybridized carbons (Fsp3) is 0.414. The van der Waals surface area contributed by atoms with Crippen LogP contribution in [0.1, 0.15) is 57.1 Å². The molecule has 0 amide bonds. The Morgan fingerprint density at radius 3 is 2.67 bits per heavy atom. The molecule has 1 aliphatic carbocycles. The van der Waals surface area contributed by atoms with Crippen LogP contribution in [0.3, 0.4) is 0 Å². The fourth-order valence-corrected chi connectivity index (χ4v) is 4.87. The maximum Gasteiger partial charge on any atom is 0.183 e. The van der Waals surface area contributed by atoms with Gasteiger partial charge in [0.1, 0.15) is 23.4 Å². The Morgan fingerprint density at radius 2 is 1.94 bits per heavy atom. The number of ether oxygens (including phenoxy) is 1. The highest BCUT2D eigenvalue weighted by atomic mass is 35.5. The predicted octanol–water partition coefficient (Wildman–Crippen LogP) is 7.28. The Hall–Kier alpha value is -3.12. The number of aromatic nitrogens is 4. The molecule has 188 valence electrons. The van der Waals surface area contributed by atoms with E-state index in [-0.39, 0.29) is 0 Å². The first-order chi connectivity index (χ1) is 17.5. The summed E-state index contributed by atoms with van der Waals surface area (Å²) in [6.45, 7) is 7.81. The Kier molecular flexibility index (Phi) is 7.42. The zero-order valence-electron chi connectivity index (χ0n) is 21.3. The molecule has 1 aliphatic rings. The average molecular weight is 504 g/mol. The second-order valence-electron chi connectivity index (χ2n) is 9.87. The number of imidazole rings is 1. The molecule has 0 bridgehead atoms. The van der Waals surface area contributed by atoms with E-state index in [9.17, 15) is 0 Å². The molecule has 4 aromatic rings. The van der Waals surface area contributed by atoms with Crippen LogP contribution in [0.5, 0.6) is 5.75 Å². The van der Waals surface area contributed by atoms with Crippen molar-refractivity contribution in [2.45, 2.75) is 65.5 Å². The zero-order valence-corrected chi connectivity index (χ0v) is 22.1. The van der Waals surface area contributed by atoms with Gasteiger partial charge in [-0.3, -0.25) is 0 Å². The number of aryl methyl sites for hydroxylation is 1.